The normalized spacial score (nSPS) is 11.3. The molecule has 0 radical (unpaired) electrons. The van der Waals surface area contributed by atoms with Gasteiger partial charge in [0.05, 0.1) is 12.8 Å². The smallest absolute Gasteiger partial charge is 0.265 e. The Morgan fingerprint density at radius 1 is 1.35 bits per heavy atom. The number of rotatable bonds is 5. The summed E-state index contributed by atoms with van der Waals surface area (Å²) in [5.41, 5.74) is 5.59. The summed E-state index contributed by atoms with van der Waals surface area (Å²) in [5, 5.41) is 0.369. The molecule has 1 heterocycles. The predicted molar refractivity (Wildman–Crippen MR) is 87.5 cm³/mol. The van der Waals surface area contributed by atoms with Crippen LogP contribution in [0.5, 0.6) is 5.75 Å². The highest BCUT2D eigenvalue weighted by Gasteiger charge is 2.26. The molecule has 23 heavy (non-hydrogen) atoms. The molecule has 2 N–H and O–H groups in total. The third kappa shape index (κ3) is 3.13. The predicted octanol–water partition coefficient (Wildman–Crippen LogP) is 1.61. The van der Waals surface area contributed by atoms with E-state index in [9.17, 15) is 13.2 Å². The van der Waals surface area contributed by atoms with E-state index in [-0.39, 0.29) is 16.3 Å². The first-order valence-corrected chi connectivity index (χ1v) is 8.29. The second kappa shape index (κ2) is 6.13. The van der Waals surface area contributed by atoms with E-state index in [4.69, 9.17) is 22.1 Å². The minimum atomic E-state index is -3.91. The summed E-state index contributed by atoms with van der Waals surface area (Å²) in [7, 11) is 0.437. The van der Waals surface area contributed by atoms with Crippen LogP contribution in [0.1, 0.15) is 10.5 Å². The first-order valence-electron chi connectivity index (χ1n) is 6.47. The number of aromatic nitrogens is 1. The van der Waals surface area contributed by atoms with Crippen molar-refractivity contribution in [3.8, 4) is 5.75 Å². The molecule has 2 rings (SSSR count). The second-order valence-corrected chi connectivity index (χ2v) is 7.23. The van der Waals surface area contributed by atoms with Crippen molar-refractivity contribution in [1.29, 1.82) is 0 Å². The Hall–Kier alpha value is -2.19. The number of carbonyl (C=O) groups excluding carboxylic acids is 1. The number of benzene rings is 1. The SMILES string of the molecule is COc1ccc(Cl)cc1N(C)S(=O)(=O)c1cc(C(N)=O)n(C)c1. The van der Waals surface area contributed by atoms with Crippen LogP contribution >= 0.6 is 11.6 Å². The lowest BCUT2D eigenvalue weighted by atomic mass is 10.3. The van der Waals surface area contributed by atoms with Gasteiger partial charge in [-0.2, -0.15) is 0 Å². The maximum Gasteiger partial charge on any atom is 0.265 e. The van der Waals surface area contributed by atoms with Crippen molar-refractivity contribution in [2.24, 2.45) is 12.8 Å². The molecule has 124 valence electrons. The van der Waals surface area contributed by atoms with Crippen LogP contribution in [-0.2, 0) is 17.1 Å². The van der Waals surface area contributed by atoms with Crippen molar-refractivity contribution < 1.29 is 17.9 Å². The summed E-state index contributed by atoms with van der Waals surface area (Å²) in [6, 6.07) is 5.88. The quantitative estimate of drug-likeness (QED) is 0.879. The zero-order valence-electron chi connectivity index (χ0n) is 12.8. The molecular formula is C14H16ClN3O4S. The Balaban J connectivity index is 2.53. The largest absolute Gasteiger partial charge is 0.495 e. The number of amides is 1. The minimum Gasteiger partial charge on any atom is -0.495 e. The number of sulfonamides is 1. The van der Waals surface area contributed by atoms with Crippen LogP contribution in [0.3, 0.4) is 0 Å². The number of anilines is 1. The summed E-state index contributed by atoms with van der Waals surface area (Å²) in [6.07, 6.45) is 1.32. The number of hydrogen-bond acceptors (Lipinski definition) is 4. The molecule has 0 spiro atoms. The third-order valence-electron chi connectivity index (χ3n) is 3.37. The number of carbonyl (C=O) groups is 1. The van der Waals surface area contributed by atoms with Crippen molar-refractivity contribution in [3.63, 3.8) is 0 Å². The number of aryl methyl sites for hydroxylation is 1. The van der Waals surface area contributed by atoms with Gasteiger partial charge >= 0.3 is 0 Å². The van der Waals surface area contributed by atoms with E-state index in [1.165, 1.54) is 37.1 Å². The molecule has 0 saturated heterocycles. The fourth-order valence-corrected chi connectivity index (χ4v) is 3.55. The Labute approximate surface area is 139 Å². The molecular weight excluding hydrogens is 342 g/mol. The van der Waals surface area contributed by atoms with Gasteiger partial charge in [0.1, 0.15) is 16.3 Å². The van der Waals surface area contributed by atoms with Gasteiger partial charge < -0.3 is 15.0 Å². The van der Waals surface area contributed by atoms with E-state index >= 15 is 0 Å². The summed E-state index contributed by atoms with van der Waals surface area (Å²) in [6.45, 7) is 0. The number of methoxy groups -OCH3 is 1. The zero-order valence-corrected chi connectivity index (χ0v) is 14.4. The lowest BCUT2D eigenvalue weighted by Crippen LogP contribution is -2.26. The Morgan fingerprint density at radius 2 is 2.00 bits per heavy atom. The van der Waals surface area contributed by atoms with Gasteiger partial charge in [-0.15, -0.1) is 0 Å². The maximum absolute atomic E-state index is 12.8. The number of halogens is 1. The molecule has 7 nitrogen and oxygen atoms in total. The fraction of sp³-hybridized carbons (Fsp3) is 0.214. The van der Waals surface area contributed by atoms with Gasteiger partial charge in [0.2, 0.25) is 0 Å². The summed E-state index contributed by atoms with van der Waals surface area (Å²) in [5.74, 6) is -0.358. The highest BCUT2D eigenvalue weighted by Crippen LogP contribution is 2.33. The number of nitrogens with two attached hydrogens (primary N) is 1. The van der Waals surface area contributed by atoms with E-state index in [1.54, 1.807) is 19.2 Å². The highest BCUT2D eigenvalue weighted by molar-refractivity contribution is 7.92. The van der Waals surface area contributed by atoms with Crippen LogP contribution in [-0.4, -0.2) is 33.0 Å². The zero-order chi connectivity index (χ0) is 17.4. The first-order chi connectivity index (χ1) is 10.7. The minimum absolute atomic E-state index is 0.0571. The molecule has 0 unspecified atom stereocenters. The van der Waals surface area contributed by atoms with Gasteiger partial charge in [-0.3, -0.25) is 9.10 Å². The molecule has 0 atom stereocenters. The van der Waals surface area contributed by atoms with Gasteiger partial charge in [-0.05, 0) is 24.3 Å². The van der Waals surface area contributed by atoms with Gasteiger partial charge in [0.15, 0.2) is 0 Å². The third-order valence-corrected chi connectivity index (χ3v) is 5.34. The highest BCUT2D eigenvalue weighted by atomic mass is 35.5. The first kappa shape index (κ1) is 17.2. The second-order valence-electron chi connectivity index (χ2n) is 4.82. The van der Waals surface area contributed by atoms with Crippen LogP contribution in [0.4, 0.5) is 5.69 Å². The Bertz CT molecular complexity index is 861. The van der Waals surface area contributed by atoms with Crippen LogP contribution in [0, 0.1) is 0 Å². The summed E-state index contributed by atoms with van der Waals surface area (Å²) >= 11 is 5.94. The molecule has 0 fully saturated rings. The molecule has 0 aliphatic heterocycles. The molecule has 2 aromatic rings. The Morgan fingerprint density at radius 3 is 2.52 bits per heavy atom. The van der Waals surface area contributed by atoms with Gasteiger partial charge in [-0.1, -0.05) is 11.6 Å². The van der Waals surface area contributed by atoms with Crippen LogP contribution in [0.15, 0.2) is 35.4 Å². The van der Waals surface area contributed by atoms with E-state index in [2.05, 4.69) is 0 Å². The maximum atomic E-state index is 12.8. The molecule has 0 aliphatic carbocycles. The average Bonchev–Trinajstić information content (AvgIpc) is 2.89. The number of nitrogens with zero attached hydrogens (tertiary/aromatic N) is 2. The monoisotopic (exact) mass is 357 g/mol. The molecule has 0 bridgehead atoms. The molecule has 1 aromatic carbocycles. The van der Waals surface area contributed by atoms with E-state index in [1.807, 2.05) is 0 Å². The Kier molecular flexibility index (Phi) is 4.58. The van der Waals surface area contributed by atoms with Crippen molar-refractivity contribution in [3.05, 3.63) is 41.2 Å². The van der Waals surface area contributed by atoms with Crippen LogP contribution < -0.4 is 14.8 Å². The lowest BCUT2D eigenvalue weighted by molar-refractivity contribution is 0.0992. The van der Waals surface area contributed by atoms with Gasteiger partial charge in [0.25, 0.3) is 15.9 Å². The summed E-state index contributed by atoms with van der Waals surface area (Å²) in [4.78, 5) is 11.2. The van der Waals surface area contributed by atoms with Crippen molar-refractivity contribution in [1.82, 2.24) is 4.57 Å². The fourth-order valence-electron chi connectivity index (χ4n) is 2.12. The summed E-state index contributed by atoms with van der Waals surface area (Å²) < 4.78 is 33.1. The average molecular weight is 358 g/mol. The lowest BCUT2D eigenvalue weighted by Gasteiger charge is -2.21. The van der Waals surface area contributed by atoms with Gasteiger partial charge in [-0.25, -0.2) is 8.42 Å². The molecule has 0 saturated carbocycles. The van der Waals surface area contributed by atoms with Crippen molar-refractivity contribution in [2.75, 3.05) is 18.5 Å². The molecule has 9 heteroatoms. The topological polar surface area (TPSA) is 94.6 Å². The molecule has 1 amide bonds. The molecule has 0 aliphatic rings. The van der Waals surface area contributed by atoms with Crippen LogP contribution in [0.2, 0.25) is 5.02 Å². The number of hydrogen-bond donors (Lipinski definition) is 1. The van der Waals surface area contributed by atoms with Crippen molar-refractivity contribution in [2.45, 2.75) is 4.90 Å². The van der Waals surface area contributed by atoms with Crippen LogP contribution in [0.25, 0.3) is 0 Å². The van der Waals surface area contributed by atoms with Crippen molar-refractivity contribution >= 4 is 33.2 Å². The van der Waals surface area contributed by atoms with E-state index in [0.717, 1.165) is 4.31 Å². The molecule has 1 aromatic heterocycles. The number of primary amides is 1. The van der Waals surface area contributed by atoms with E-state index in [0.29, 0.717) is 10.8 Å². The van der Waals surface area contributed by atoms with E-state index < -0.39 is 15.9 Å². The standard InChI is InChI=1S/C14H16ClN3O4S/c1-17-8-10(7-12(17)14(16)19)23(20,21)18(2)11-6-9(15)4-5-13(11)22-3/h4-8H,1-3H3,(H2,16,19). The number of ether oxygens (including phenoxy) is 1. The van der Waals surface area contributed by atoms with Gasteiger partial charge in [0, 0.05) is 25.3 Å².